The molecule has 2 bridgehead atoms. The van der Waals surface area contributed by atoms with E-state index < -0.39 is 34.9 Å². The van der Waals surface area contributed by atoms with Crippen molar-refractivity contribution in [1.82, 2.24) is 0 Å². The molecular weight excluding hydrogens is 199 g/mol. The number of nitro groups is 1. The van der Waals surface area contributed by atoms with E-state index in [1.807, 2.05) is 0 Å². The molecule has 1 fully saturated rings. The molecule has 0 spiro atoms. The van der Waals surface area contributed by atoms with E-state index >= 15 is 0 Å². The summed E-state index contributed by atoms with van der Waals surface area (Å²) in [5.41, 5.74) is 0. The lowest BCUT2D eigenvalue weighted by atomic mass is 9.89. The summed E-state index contributed by atoms with van der Waals surface area (Å²) in [5, 5.41) is 10.5. The summed E-state index contributed by atoms with van der Waals surface area (Å²) in [6.07, 6.45) is -1.18. The monoisotopic (exact) mass is 207 g/mol. The van der Waals surface area contributed by atoms with E-state index in [0.29, 0.717) is 0 Å². The summed E-state index contributed by atoms with van der Waals surface area (Å²) >= 11 is 0. The Hall–Kier alpha value is -1.07. The van der Waals surface area contributed by atoms with Crippen LogP contribution in [0.1, 0.15) is 6.42 Å². The van der Waals surface area contributed by atoms with Gasteiger partial charge in [0.2, 0.25) is 6.04 Å². The largest absolute Gasteiger partial charge is 0.398 e. The maximum Gasteiger partial charge on any atom is 0.398 e. The van der Waals surface area contributed by atoms with Gasteiger partial charge in [-0.25, -0.2) is 0 Å². The number of alkyl halides is 3. The van der Waals surface area contributed by atoms with Crippen molar-refractivity contribution in [3.8, 4) is 0 Å². The van der Waals surface area contributed by atoms with Crippen LogP contribution < -0.4 is 0 Å². The number of nitrogens with zero attached hydrogens (tertiary/aromatic N) is 1. The fourth-order valence-corrected chi connectivity index (χ4v) is 2.52. The van der Waals surface area contributed by atoms with Crippen molar-refractivity contribution in [2.24, 2.45) is 17.8 Å². The van der Waals surface area contributed by atoms with Gasteiger partial charge >= 0.3 is 6.18 Å². The van der Waals surface area contributed by atoms with Gasteiger partial charge in [-0.15, -0.1) is 0 Å². The first-order chi connectivity index (χ1) is 6.41. The zero-order valence-corrected chi connectivity index (χ0v) is 7.07. The molecule has 78 valence electrons. The van der Waals surface area contributed by atoms with E-state index in [-0.39, 0.29) is 6.42 Å². The summed E-state index contributed by atoms with van der Waals surface area (Å²) < 4.78 is 37.5. The summed E-state index contributed by atoms with van der Waals surface area (Å²) in [4.78, 5) is 9.73. The Bertz CT molecular complexity index is 299. The fraction of sp³-hybridized carbons (Fsp3) is 0.750. The van der Waals surface area contributed by atoms with E-state index in [0.717, 1.165) is 0 Å². The Morgan fingerprint density at radius 2 is 1.86 bits per heavy atom. The first kappa shape index (κ1) is 9.48. The highest BCUT2D eigenvalue weighted by Gasteiger charge is 2.62. The molecule has 2 aliphatic carbocycles. The third-order valence-corrected chi connectivity index (χ3v) is 3.04. The van der Waals surface area contributed by atoms with Crippen molar-refractivity contribution < 1.29 is 18.1 Å². The highest BCUT2D eigenvalue weighted by Crippen LogP contribution is 2.51. The third kappa shape index (κ3) is 1.20. The Labute approximate surface area is 77.7 Å². The molecule has 14 heavy (non-hydrogen) atoms. The van der Waals surface area contributed by atoms with Gasteiger partial charge in [-0.1, -0.05) is 12.2 Å². The van der Waals surface area contributed by atoms with Crippen LogP contribution in [-0.2, 0) is 0 Å². The van der Waals surface area contributed by atoms with Crippen LogP contribution >= 0.6 is 0 Å². The lowest BCUT2D eigenvalue weighted by molar-refractivity contribution is -0.544. The minimum absolute atomic E-state index is 0.274. The van der Waals surface area contributed by atoms with Crippen LogP contribution in [0.15, 0.2) is 12.2 Å². The zero-order valence-electron chi connectivity index (χ0n) is 7.07. The first-order valence-electron chi connectivity index (χ1n) is 4.30. The predicted octanol–water partition coefficient (Wildman–Crippen LogP) is 2.02. The summed E-state index contributed by atoms with van der Waals surface area (Å²) in [7, 11) is 0. The van der Waals surface area contributed by atoms with Crippen LogP contribution in [0.4, 0.5) is 13.2 Å². The molecule has 0 N–H and O–H groups in total. The lowest BCUT2D eigenvalue weighted by Gasteiger charge is -2.23. The minimum Gasteiger partial charge on any atom is -0.264 e. The molecule has 3 nitrogen and oxygen atoms in total. The molecule has 0 aromatic heterocycles. The average molecular weight is 207 g/mol. The predicted molar refractivity (Wildman–Crippen MR) is 41.1 cm³/mol. The Balaban J connectivity index is 2.31. The number of hydrogen-bond acceptors (Lipinski definition) is 2. The van der Waals surface area contributed by atoms with Crippen LogP contribution in [-0.4, -0.2) is 17.1 Å². The van der Waals surface area contributed by atoms with Crippen LogP contribution in [0.5, 0.6) is 0 Å². The van der Waals surface area contributed by atoms with Crippen molar-refractivity contribution in [2.75, 3.05) is 0 Å². The van der Waals surface area contributed by atoms with Gasteiger partial charge in [0.25, 0.3) is 0 Å². The number of hydrogen-bond donors (Lipinski definition) is 0. The number of fused-ring (bicyclic) bond motifs is 2. The second-order valence-corrected chi connectivity index (χ2v) is 3.79. The molecule has 4 atom stereocenters. The summed E-state index contributed by atoms with van der Waals surface area (Å²) in [6, 6.07) is -1.47. The van der Waals surface area contributed by atoms with Gasteiger partial charge in [-0.05, 0) is 12.3 Å². The maximum atomic E-state index is 12.5. The Kier molecular flexibility index (Phi) is 1.84. The van der Waals surface area contributed by atoms with Crippen molar-refractivity contribution in [3.63, 3.8) is 0 Å². The zero-order chi connectivity index (χ0) is 10.5. The lowest BCUT2D eigenvalue weighted by Crippen LogP contribution is -2.41. The smallest absolute Gasteiger partial charge is 0.264 e. The second-order valence-electron chi connectivity index (χ2n) is 3.79. The van der Waals surface area contributed by atoms with Crippen LogP contribution in [0.2, 0.25) is 0 Å². The van der Waals surface area contributed by atoms with E-state index in [4.69, 9.17) is 0 Å². The van der Waals surface area contributed by atoms with E-state index in [2.05, 4.69) is 0 Å². The summed E-state index contributed by atoms with van der Waals surface area (Å²) in [6.45, 7) is 0. The summed E-state index contributed by atoms with van der Waals surface area (Å²) in [5.74, 6) is -3.00. The van der Waals surface area contributed by atoms with Crippen LogP contribution in [0.25, 0.3) is 0 Å². The molecule has 0 heterocycles. The quantitative estimate of drug-likeness (QED) is 0.375. The van der Waals surface area contributed by atoms with Gasteiger partial charge in [0.15, 0.2) is 0 Å². The molecule has 0 aromatic rings. The maximum absolute atomic E-state index is 12.5. The van der Waals surface area contributed by atoms with Gasteiger partial charge in [-0.2, -0.15) is 13.2 Å². The van der Waals surface area contributed by atoms with Gasteiger partial charge in [0, 0.05) is 10.8 Å². The molecule has 0 saturated heterocycles. The standard InChI is InChI=1S/C8H8F3NO2/c9-8(10,11)6-4-1-2-5(3-4)7(6)12(13)14/h1-2,4-7H,3H2/t4-,5+,6+,7+/m1/s1. The normalized spacial score (nSPS) is 40.5. The molecule has 0 unspecified atom stereocenters. The average Bonchev–Trinajstić information content (AvgIpc) is 2.58. The van der Waals surface area contributed by atoms with E-state index in [9.17, 15) is 23.3 Å². The molecule has 0 aromatic carbocycles. The molecule has 2 rings (SSSR count). The van der Waals surface area contributed by atoms with Crippen molar-refractivity contribution >= 4 is 0 Å². The highest BCUT2D eigenvalue weighted by molar-refractivity contribution is 5.15. The second kappa shape index (κ2) is 2.71. The van der Waals surface area contributed by atoms with Gasteiger partial charge in [0.1, 0.15) is 5.92 Å². The number of halogens is 3. The van der Waals surface area contributed by atoms with Crippen LogP contribution in [0, 0.1) is 27.9 Å². The number of allylic oxidation sites excluding steroid dienone is 1. The molecule has 0 aliphatic heterocycles. The van der Waals surface area contributed by atoms with Gasteiger partial charge in [-0.3, -0.25) is 10.1 Å². The molecule has 0 radical (unpaired) electrons. The van der Waals surface area contributed by atoms with Gasteiger partial charge < -0.3 is 0 Å². The molecule has 1 saturated carbocycles. The molecule has 6 heteroatoms. The van der Waals surface area contributed by atoms with E-state index in [1.165, 1.54) is 6.08 Å². The fourth-order valence-electron chi connectivity index (χ4n) is 2.52. The molecule has 0 amide bonds. The van der Waals surface area contributed by atoms with Crippen molar-refractivity contribution in [1.29, 1.82) is 0 Å². The first-order valence-corrected chi connectivity index (χ1v) is 4.30. The van der Waals surface area contributed by atoms with E-state index in [1.54, 1.807) is 6.08 Å². The van der Waals surface area contributed by atoms with Crippen molar-refractivity contribution in [3.05, 3.63) is 22.3 Å². The highest BCUT2D eigenvalue weighted by atomic mass is 19.4. The Morgan fingerprint density at radius 1 is 1.29 bits per heavy atom. The Morgan fingerprint density at radius 3 is 2.29 bits per heavy atom. The topological polar surface area (TPSA) is 43.1 Å². The van der Waals surface area contributed by atoms with Gasteiger partial charge in [0.05, 0.1) is 0 Å². The third-order valence-electron chi connectivity index (χ3n) is 3.04. The minimum atomic E-state index is -4.46. The van der Waals surface area contributed by atoms with Crippen LogP contribution in [0.3, 0.4) is 0 Å². The molecule has 2 aliphatic rings. The SMILES string of the molecule is O=[N+]([O-])[C@@H]1[C@@H](C(F)(F)F)[C@@H]2C=C[C@H]1C2. The van der Waals surface area contributed by atoms with Crippen molar-refractivity contribution in [2.45, 2.75) is 18.6 Å². The molecular formula is C8H8F3NO2. The number of rotatable bonds is 1.